The third-order valence-corrected chi connectivity index (χ3v) is 4.85. The summed E-state index contributed by atoms with van der Waals surface area (Å²) < 4.78 is 52.2. The van der Waals surface area contributed by atoms with E-state index in [1.54, 1.807) is 13.8 Å². The maximum atomic E-state index is 13.1. The van der Waals surface area contributed by atoms with Gasteiger partial charge < -0.3 is 0 Å². The molecule has 2 aromatic rings. The van der Waals surface area contributed by atoms with Crippen molar-refractivity contribution in [3.8, 4) is 0 Å². The average Bonchev–Trinajstić information content (AvgIpc) is 2.55. The average molecular weight is 263 g/mol. The summed E-state index contributed by atoms with van der Waals surface area (Å²) in [5.41, 5.74) is -4.34. The first kappa shape index (κ1) is 12.4. The van der Waals surface area contributed by atoms with Crippen LogP contribution >= 0.6 is 10.5 Å². The minimum absolute atomic E-state index is 0.0567. The van der Waals surface area contributed by atoms with Gasteiger partial charge in [0.2, 0.25) is 0 Å². The molecule has 0 spiro atoms. The Morgan fingerprint density at radius 3 is 2.29 bits per heavy atom. The van der Waals surface area contributed by atoms with Crippen molar-refractivity contribution in [3.63, 3.8) is 0 Å². The third-order valence-electron chi connectivity index (χ3n) is 2.53. The largest absolute Gasteiger partial charge is 0.600 e. The molecule has 0 fully saturated rings. The second kappa shape index (κ2) is 3.98. The third kappa shape index (κ3) is 2.16. The number of thiophene rings is 1. The van der Waals surface area contributed by atoms with E-state index >= 15 is 0 Å². The second-order valence-electron chi connectivity index (χ2n) is 4.14. The molecule has 0 radical (unpaired) electrons. The summed E-state index contributed by atoms with van der Waals surface area (Å²) in [4.78, 5) is 0.332. The molecule has 5 heteroatoms. The molecule has 2 rings (SSSR count). The van der Waals surface area contributed by atoms with Crippen molar-refractivity contribution in [3.05, 3.63) is 35.0 Å². The molecule has 17 heavy (non-hydrogen) atoms. The van der Waals surface area contributed by atoms with Crippen LogP contribution in [0.5, 0.6) is 0 Å². The van der Waals surface area contributed by atoms with Gasteiger partial charge in [-0.3, -0.25) is 0 Å². The minimum atomic E-state index is -4.34. The van der Waals surface area contributed by atoms with E-state index in [0.29, 0.717) is 10.3 Å². The van der Waals surface area contributed by atoms with Crippen LogP contribution in [0.4, 0.5) is 17.6 Å². The van der Waals surface area contributed by atoms with Gasteiger partial charge in [-0.05, 0) is 12.1 Å². The molecule has 0 aliphatic heterocycles. The van der Waals surface area contributed by atoms with E-state index in [2.05, 4.69) is 0 Å². The van der Waals surface area contributed by atoms with Crippen molar-refractivity contribution in [1.82, 2.24) is 0 Å². The van der Waals surface area contributed by atoms with E-state index in [9.17, 15) is 17.6 Å². The van der Waals surface area contributed by atoms with Gasteiger partial charge in [0.15, 0.2) is 9.58 Å². The summed E-state index contributed by atoms with van der Waals surface area (Å²) >= 11 is 0. The number of benzene rings is 1. The number of halogens is 4. The topological polar surface area (TPSA) is 0 Å². The van der Waals surface area contributed by atoms with Crippen LogP contribution in [0.2, 0.25) is 0 Å². The normalized spacial score (nSPS) is 13.7. The fourth-order valence-electron chi connectivity index (χ4n) is 1.80. The summed E-state index contributed by atoms with van der Waals surface area (Å²) in [6.45, 7) is 3.44. The highest BCUT2D eigenvalue weighted by atomic mass is 32.2. The summed E-state index contributed by atoms with van der Waals surface area (Å²) in [6, 6.07) is 5.14. The van der Waals surface area contributed by atoms with E-state index in [-0.39, 0.29) is 10.6 Å². The standard InChI is InChI=1S/C12H11F4S/c1-7(2)10-5-8-3-4-9(13)6-11(8)17(10)12(14,15)16/h3-7H,1-2H3/q+1. The lowest BCUT2D eigenvalue weighted by Gasteiger charge is -2.02. The molecule has 0 saturated carbocycles. The summed E-state index contributed by atoms with van der Waals surface area (Å²) in [6.07, 6.45) is 0. The Bertz CT molecular complexity index is 551. The van der Waals surface area contributed by atoms with Crippen molar-refractivity contribution >= 4 is 20.6 Å². The Labute approximate surface area is 98.8 Å². The highest BCUT2D eigenvalue weighted by molar-refractivity contribution is 7.38. The van der Waals surface area contributed by atoms with Crippen LogP contribution in [0.15, 0.2) is 24.3 Å². The van der Waals surface area contributed by atoms with E-state index in [1.165, 1.54) is 18.2 Å². The fraction of sp³-hybridized carbons (Fsp3) is 0.333. The molecule has 92 valence electrons. The van der Waals surface area contributed by atoms with E-state index < -0.39 is 21.8 Å². The van der Waals surface area contributed by atoms with Gasteiger partial charge in [0.25, 0.3) is 0 Å². The molecule has 0 amide bonds. The second-order valence-corrected chi connectivity index (χ2v) is 6.12. The molecule has 0 saturated heterocycles. The molecule has 0 bridgehead atoms. The van der Waals surface area contributed by atoms with Crippen LogP contribution in [0.3, 0.4) is 0 Å². The van der Waals surface area contributed by atoms with Crippen LogP contribution in [0, 0.1) is 5.82 Å². The zero-order valence-electron chi connectivity index (χ0n) is 9.31. The van der Waals surface area contributed by atoms with Gasteiger partial charge >= 0.3 is 5.51 Å². The van der Waals surface area contributed by atoms with Crippen LogP contribution < -0.4 is 0 Å². The van der Waals surface area contributed by atoms with Gasteiger partial charge in [-0.25, -0.2) is 4.39 Å². The fourth-order valence-corrected chi connectivity index (χ4v) is 3.88. The molecule has 1 unspecified atom stereocenters. The lowest BCUT2D eigenvalue weighted by Crippen LogP contribution is -1.99. The smallest absolute Gasteiger partial charge is 0.207 e. The van der Waals surface area contributed by atoms with E-state index in [0.717, 1.165) is 6.07 Å². The van der Waals surface area contributed by atoms with Gasteiger partial charge in [-0.2, -0.15) is 0 Å². The Hall–Kier alpha value is -1.10. The zero-order chi connectivity index (χ0) is 12.8. The molecule has 0 aliphatic rings. The quantitative estimate of drug-likeness (QED) is 0.482. The van der Waals surface area contributed by atoms with Crippen LogP contribution in [-0.4, -0.2) is 0 Å². The maximum absolute atomic E-state index is 13.1. The molecular formula is C12H11F4S+. The first-order valence-electron chi connectivity index (χ1n) is 5.13. The minimum Gasteiger partial charge on any atom is -0.207 e. The predicted molar refractivity (Wildman–Crippen MR) is 61.8 cm³/mol. The maximum Gasteiger partial charge on any atom is 0.600 e. The van der Waals surface area contributed by atoms with E-state index in [4.69, 9.17) is 0 Å². The monoisotopic (exact) mass is 263 g/mol. The van der Waals surface area contributed by atoms with Gasteiger partial charge in [0.1, 0.15) is 5.82 Å². The van der Waals surface area contributed by atoms with Crippen molar-refractivity contribution in [2.45, 2.75) is 25.3 Å². The molecular weight excluding hydrogens is 252 g/mol. The summed E-state index contributed by atoms with van der Waals surface area (Å²) in [5, 5.41) is 0.482. The molecule has 0 aliphatic carbocycles. The summed E-state index contributed by atoms with van der Waals surface area (Å²) in [5.74, 6) is -0.820. The lowest BCUT2D eigenvalue weighted by atomic mass is 10.1. The van der Waals surface area contributed by atoms with Gasteiger partial charge in [0.05, 0.1) is 10.5 Å². The number of alkyl halides is 3. The Balaban J connectivity index is 2.83. The number of hydrogen-bond donors (Lipinski definition) is 0. The van der Waals surface area contributed by atoms with Gasteiger partial charge in [0, 0.05) is 23.4 Å². The highest BCUT2D eigenvalue weighted by Crippen LogP contribution is 2.52. The SMILES string of the molecule is CC(C)c1cc2ccc(F)cc2[s+]1C(F)(F)F. The first-order valence-corrected chi connectivity index (χ1v) is 6.35. The highest BCUT2D eigenvalue weighted by Gasteiger charge is 2.48. The first-order chi connectivity index (χ1) is 7.80. The molecule has 0 nitrogen and oxygen atoms in total. The Morgan fingerprint density at radius 1 is 1.12 bits per heavy atom. The van der Waals surface area contributed by atoms with Crippen molar-refractivity contribution in [2.24, 2.45) is 0 Å². The van der Waals surface area contributed by atoms with Crippen molar-refractivity contribution in [2.75, 3.05) is 0 Å². The van der Waals surface area contributed by atoms with Gasteiger partial charge in [-0.1, -0.05) is 13.8 Å². The number of rotatable bonds is 1. The van der Waals surface area contributed by atoms with Crippen LogP contribution in [-0.2, 0) is 5.51 Å². The summed E-state index contributed by atoms with van der Waals surface area (Å²) in [7, 11) is -1.98. The zero-order valence-corrected chi connectivity index (χ0v) is 10.1. The van der Waals surface area contributed by atoms with Gasteiger partial charge in [-0.15, -0.1) is 13.2 Å². The molecule has 1 atom stereocenters. The Morgan fingerprint density at radius 2 is 1.76 bits per heavy atom. The Kier molecular flexibility index (Phi) is 2.89. The molecule has 0 N–H and O–H groups in total. The number of hydrogen-bond acceptors (Lipinski definition) is 0. The molecule has 1 heterocycles. The lowest BCUT2D eigenvalue weighted by molar-refractivity contribution is -0.0868. The van der Waals surface area contributed by atoms with Crippen molar-refractivity contribution < 1.29 is 17.6 Å². The van der Waals surface area contributed by atoms with Crippen LogP contribution in [0.25, 0.3) is 10.1 Å². The molecule has 1 aromatic heterocycles. The number of fused-ring (bicyclic) bond motifs is 1. The van der Waals surface area contributed by atoms with E-state index in [1.807, 2.05) is 0 Å². The van der Waals surface area contributed by atoms with Crippen LogP contribution in [0.1, 0.15) is 24.6 Å². The van der Waals surface area contributed by atoms with Crippen molar-refractivity contribution in [1.29, 1.82) is 0 Å². The molecule has 1 aromatic carbocycles. The predicted octanol–water partition coefficient (Wildman–Crippen LogP) is 5.33.